The van der Waals surface area contributed by atoms with Gasteiger partial charge in [-0.3, -0.25) is 0 Å². The SMILES string of the molecule is CC(C)(C)[N-][Si](C)(C)C1C2C=CC=CC2C2C=CC=CC21.[CH2-]c1ccccc1.[CH2-]c1ccccc1.[CH3-].[Ti+4]. The van der Waals surface area contributed by atoms with Gasteiger partial charge in [0.25, 0.3) is 0 Å². The van der Waals surface area contributed by atoms with E-state index in [2.05, 4.69) is 96.3 Å². The first-order valence-electron chi connectivity index (χ1n) is 12.8. The van der Waals surface area contributed by atoms with Crippen LogP contribution in [-0.4, -0.2) is 13.8 Å². The van der Waals surface area contributed by atoms with E-state index in [0.717, 1.165) is 11.1 Å². The van der Waals surface area contributed by atoms with Gasteiger partial charge in [0.05, 0.1) is 0 Å². The fraction of sp³-hybridized carbons (Fsp3) is 0.324. The van der Waals surface area contributed by atoms with Gasteiger partial charge < -0.3 is 12.4 Å². The monoisotopic (exact) mass is 543 g/mol. The van der Waals surface area contributed by atoms with Crippen LogP contribution in [0.4, 0.5) is 0 Å². The Labute approximate surface area is 244 Å². The van der Waals surface area contributed by atoms with Crippen LogP contribution >= 0.6 is 0 Å². The molecule has 0 aliphatic heterocycles. The molecule has 0 saturated heterocycles. The number of hydrogen-bond donors (Lipinski definition) is 0. The van der Waals surface area contributed by atoms with Gasteiger partial charge >= 0.3 is 21.7 Å². The first kappa shape index (κ1) is 33.1. The molecule has 3 aliphatic carbocycles. The first-order chi connectivity index (χ1) is 16.6. The molecule has 2 aromatic carbocycles. The summed E-state index contributed by atoms with van der Waals surface area (Å²) in [6, 6.07) is 19.7. The van der Waals surface area contributed by atoms with Crippen LogP contribution in [0.1, 0.15) is 31.9 Å². The third-order valence-electron chi connectivity index (χ3n) is 6.84. The largest absolute Gasteiger partial charge is 4.00 e. The maximum Gasteiger partial charge on any atom is 4.00 e. The molecule has 4 atom stereocenters. The molecule has 194 valence electrons. The molecular formula is C34H45NSiTi. The minimum absolute atomic E-state index is 0. The Kier molecular flexibility index (Phi) is 13.3. The zero-order valence-electron chi connectivity index (χ0n) is 23.6. The Morgan fingerprint density at radius 2 is 0.946 bits per heavy atom. The van der Waals surface area contributed by atoms with Gasteiger partial charge in [-0.2, -0.15) is 49.2 Å². The van der Waals surface area contributed by atoms with E-state index in [4.69, 9.17) is 4.98 Å². The molecule has 4 unspecified atom stereocenters. The standard InChI is InChI=1S/C19H28NSi.2C7H7.CH3.Ti/c1-19(2,3)20-21(4,5)18-16-12-8-6-10-14(16)15-11-7-9-13-17(15)18;2*1-7-5-3-2-4-6-7;;/h6-18H,1-5H3;2*2-6H,1H2;1H3;/q4*-1;+4. The fourth-order valence-electron chi connectivity index (χ4n) is 5.86. The molecule has 1 nitrogen and oxygen atoms in total. The van der Waals surface area contributed by atoms with Gasteiger partial charge in [0.1, 0.15) is 0 Å². The normalized spacial score (nSPS) is 24.6. The second-order valence-electron chi connectivity index (χ2n) is 11.3. The summed E-state index contributed by atoms with van der Waals surface area (Å²) in [7, 11) is -1.67. The molecule has 3 aliphatic rings. The molecule has 0 bridgehead atoms. The van der Waals surface area contributed by atoms with Crippen molar-refractivity contribution in [1.29, 1.82) is 0 Å². The number of allylic oxidation sites excluding steroid dienone is 8. The number of fused-ring (bicyclic) bond motifs is 3. The predicted octanol–water partition coefficient (Wildman–Crippen LogP) is 9.65. The van der Waals surface area contributed by atoms with E-state index in [1.165, 1.54) is 0 Å². The van der Waals surface area contributed by atoms with E-state index in [9.17, 15) is 0 Å². The van der Waals surface area contributed by atoms with Crippen LogP contribution in [0.3, 0.4) is 0 Å². The Hall–Kier alpha value is -1.97. The third kappa shape index (κ3) is 9.69. The van der Waals surface area contributed by atoms with Crippen molar-refractivity contribution in [1.82, 2.24) is 0 Å². The van der Waals surface area contributed by atoms with E-state index >= 15 is 0 Å². The van der Waals surface area contributed by atoms with Crippen molar-refractivity contribution in [2.75, 3.05) is 0 Å². The Balaban J connectivity index is 0.000000352. The zero-order chi connectivity index (χ0) is 25.5. The van der Waals surface area contributed by atoms with Crippen molar-refractivity contribution in [3.63, 3.8) is 0 Å². The van der Waals surface area contributed by atoms with E-state index < -0.39 is 8.24 Å². The molecule has 0 heterocycles. The summed E-state index contributed by atoms with van der Waals surface area (Å²) in [6.07, 6.45) is 18.8. The molecule has 0 aromatic heterocycles. The third-order valence-corrected chi connectivity index (χ3v) is 10.5. The maximum absolute atomic E-state index is 5.33. The second kappa shape index (κ2) is 14.8. The summed E-state index contributed by atoms with van der Waals surface area (Å²) in [5.41, 5.74) is 2.94. The van der Waals surface area contributed by atoms with Gasteiger partial charge in [-0.15, -0.1) is 29.8 Å². The van der Waals surface area contributed by atoms with Gasteiger partial charge in [-0.05, 0) is 23.7 Å². The van der Waals surface area contributed by atoms with Crippen molar-refractivity contribution in [2.45, 2.75) is 44.9 Å². The molecule has 0 amide bonds. The molecular weight excluding hydrogens is 498 g/mol. The second-order valence-corrected chi connectivity index (χ2v) is 15.5. The van der Waals surface area contributed by atoms with Crippen LogP contribution in [0.5, 0.6) is 0 Å². The molecule has 5 rings (SSSR count). The molecule has 3 heteroatoms. The van der Waals surface area contributed by atoms with Crippen molar-refractivity contribution >= 4 is 8.24 Å². The molecule has 1 fully saturated rings. The Morgan fingerprint density at radius 1 is 0.622 bits per heavy atom. The van der Waals surface area contributed by atoms with Crippen LogP contribution in [0.2, 0.25) is 18.6 Å². The quantitative estimate of drug-likeness (QED) is 0.264. The summed E-state index contributed by atoms with van der Waals surface area (Å²) in [6.45, 7) is 19.1. The van der Waals surface area contributed by atoms with Gasteiger partial charge in [-0.25, -0.2) is 0 Å². The van der Waals surface area contributed by atoms with Gasteiger partial charge in [0, 0.05) is 0 Å². The van der Waals surface area contributed by atoms with E-state index in [1.54, 1.807) is 0 Å². The minimum atomic E-state index is -1.67. The molecule has 0 spiro atoms. The first-order valence-corrected chi connectivity index (χ1v) is 15.8. The van der Waals surface area contributed by atoms with Gasteiger partial charge in [-0.1, -0.05) is 108 Å². The number of nitrogens with zero attached hydrogens (tertiary/aromatic N) is 1. The summed E-state index contributed by atoms with van der Waals surface area (Å²) >= 11 is 0. The summed E-state index contributed by atoms with van der Waals surface area (Å²) in [5, 5.41) is 0. The van der Waals surface area contributed by atoms with Crippen LogP contribution in [-0.2, 0) is 21.7 Å². The minimum Gasteiger partial charge on any atom is -0.660 e. The molecule has 1 saturated carbocycles. The summed E-state index contributed by atoms with van der Waals surface area (Å²) in [4.78, 5) is 5.33. The van der Waals surface area contributed by atoms with Crippen molar-refractivity contribution in [3.05, 3.63) is 147 Å². The van der Waals surface area contributed by atoms with Crippen LogP contribution < -0.4 is 0 Å². The smallest absolute Gasteiger partial charge is 0.660 e. The predicted molar refractivity (Wildman–Crippen MR) is 163 cm³/mol. The van der Waals surface area contributed by atoms with Crippen molar-refractivity contribution in [2.24, 2.45) is 23.7 Å². The van der Waals surface area contributed by atoms with Crippen LogP contribution in [0.15, 0.2) is 109 Å². The van der Waals surface area contributed by atoms with E-state index in [0.29, 0.717) is 29.2 Å². The Bertz CT molecular complexity index is 959. The van der Waals surface area contributed by atoms with Crippen molar-refractivity contribution < 1.29 is 21.7 Å². The van der Waals surface area contributed by atoms with Crippen LogP contribution in [0.25, 0.3) is 4.98 Å². The topological polar surface area (TPSA) is 14.1 Å². The van der Waals surface area contributed by atoms with E-state index in [-0.39, 0.29) is 34.7 Å². The summed E-state index contributed by atoms with van der Waals surface area (Å²) in [5.74, 6) is 2.69. The summed E-state index contributed by atoms with van der Waals surface area (Å²) < 4.78 is 0. The number of hydrogen-bond acceptors (Lipinski definition) is 0. The average Bonchev–Trinajstić information content (AvgIpc) is 3.15. The molecule has 2 aromatic rings. The maximum atomic E-state index is 5.33. The van der Waals surface area contributed by atoms with Crippen LogP contribution in [0, 0.1) is 44.9 Å². The number of benzene rings is 2. The molecule has 0 N–H and O–H groups in total. The van der Waals surface area contributed by atoms with E-state index in [1.807, 2.05) is 60.7 Å². The van der Waals surface area contributed by atoms with Crippen molar-refractivity contribution in [3.8, 4) is 0 Å². The zero-order valence-corrected chi connectivity index (χ0v) is 26.2. The Morgan fingerprint density at radius 3 is 1.22 bits per heavy atom. The fourth-order valence-corrected chi connectivity index (χ4v) is 10.3. The number of rotatable bonds is 2. The molecule has 0 radical (unpaired) electrons. The molecule has 37 heavy (non-hydrogen) atoms. The van der Waals surface area contributed by atoms with Gasteiger partial charge in [0.2, 0.25) is 0 Å². The average molecular weight is 544 g/mol. The van der Waals surface area contributed by atoms with Gasteiger partial charge in [0.15, 0.2) is 0 Å².